The number of carbonyl (C=O) groups is 2. The number of amides is 2. The summed E-state index contributed by atoms with van der Waals surface area (Å²) < 4.78 is 34.8. The Labute approximate surface area is 239 Å². The van der Waals surface area contributed by atoms with Gasteiger partial charge in [-0.3, -0.25) is 13.9 Å². The summed E-state index contributed by atoms with van der Waals surface area (Å²) in [5.74, 6) is -0.619. The Morgan fingerprint density at radius 2 is 1.67 bits per heavy atom. The number of rotatable bonds is 12. The zero-order valence-corrected chi connectivity index (χ0v) is 24.6. The molecule has 3 aromatic rings. The van der Waals surface area contributed by atoms with Gasteiger partial charge in [0.1, 0.15) is 18.3 Å². The quantitative estimate of drug-likeness (QED) is 0.304. The van der Waals surface area contributed by atoms with E-state index in [-0.39, 0.29) is 23.0 Å². The Morgan fingerprint density at radius 1 is 1.03 bits per heavy atom. The SMILES string of the molecule is CCOc1ccccc1N(CC(=O)N(Cc1ccc(Cl)cc1)[C@@H](C)C(=O)NC)S(=O)(=O)c1ccc(SC)cc1. The lowest BCUT2D eigenvalue weighted by Gasteiger charge is -2.32. The van der Waals surface area contributed by atoms with Crippen LogP contribution < -0.4 is 14.4 Å². The summed E-state index contributed by atoms with van der Waals surface area (Å²) in [6, 6.07) is 19.1. The molecule has 0 heterocycles. The molecule has 0 unspecified atom stereocenters. The molecule has 0 fully saturated rings. The number of thioether (sulfide) groups is 1. The minimum absolute atomic E-state index is 0.0306. The molecule has 0 aliphatic rings. The predicted octanol–water partition coefficient (Wildman–Crippen LogP) is 4.82. The molecule has 11 heteroatoms. The van der Waals surface area contributed by atoms with Crippen LogP contribution in [0.1, 0.15) is 19.4 Å². The second-order valence-corrected chi connectivity index (χ2v) is 11.7. The maximum atomic E-state index is 14.0. The fourth-order valence-electron chi connectivity index (χ4n) is 3.91. The normalized spacial score (nSPS) is 11.9. The molecule has 1 N–H and O–H groups in total. The highest BCUT2D eigenvalue weighted by Crippen LogP contribution is 2.33. The number of benzene rings is 3. The zero-order valence-electron chi connectivity index (χ0n) is 22.3. The number of nitrogens with one attached hydrogen (secondary N) is 1. The summed E-state index contributed by atoms with van der Waals surface area (Å²) in [6.45, 7) is 3.22. The van der Waals surface area contributed by atoms with Crippen molar-refractivity contribution in [2.24, 2.45) is 0 Å². The van der Waals surface area contributed by atoms with Crippen molar-refractivity contribution in [1.29, 1.82) is 0 Å². The number of likely N-dealkylation sites (N-methyl/N-ethyl adjacent to an activating group) is 1. The van der Waals surface area contributed by atoms with Crippen molar-refractivity contribution >= 4 is 50.9 Å². The van der Waals surface area contributed by atoms with Crippen molar-refractivity contribution in [3.63, 3.8) is 0 Å². The Hall–Kier alpha value is -3.21. The van der Waals surface area contributed by atoms with Crippen LogP contribution in [0.2, 0.25) is 5.02 Å². The Balaban J connectivity index is 2.08. The van der Waals surface area contributed by atoms with Gasteiger partial charge in [0.25, 0.3) is 10.0 Å². The standard InChI is InChI=1S/C28H32ClN3O5S2/c1-5-37-26-9-7-6-8-25(26)32(39(35,36)24-16-14-23(38-4)15-17-24)19-27(33)31(20(2)28(34)30-3)18-21-10-12-22(29)13-11-21/h6-17,20H,5,18-19H2,1-4H3,(H,30,34)/t20-/m0/s1. The molecule has 0 saturated carbocycles. The van der Waals surface area contributed by atoms with E-state index < -0.39 is 28.5 Å². The first kappa shape index (κ1) is 30.3. The monoisotopic (exact) mass is 589 g/mol. The van der Waals surface area contributed by atoms with Gasteiger partial charge in [0.05, 0.1) is 17.2 Å². The minimum Gasteiger partial charge on any atom is -0.492 e. The van der Waals surface area contributed by atoms with E-state index in [0.717, 1.165) is 14.8 Å². The van der Waals surface area contributed by atoms with Crippen LogP contribution in [0.4, 0.5) is 5.69 Å². The number of nitrogens with zero attached hydrogens (tertiary/aromatic N) is 2. The smallest absolute Gasteiger partial charge is 0.264 e. The minimum atomic E-state index is -4.20. The van der Waals surface area contributed by atoms with Gasteiger partial charge in [-0.15, -0.1) is 11.8 Å². The van der Waals surface area contributed by atoms with Crippen molar-refractivity contribution in [1.82, 2.24) is 10.2 Å². The summed E-state index contributed by atoms with van der Waals surface area (Å²) in [6.07, 6.45) is 1.90. The highest BCUT2D eigenvalue weighted by Gasteiger charge is 2.33. The number of ether oxygens (including phenoxy) is 1. The fourth-order valence-corrected chi connectivity index (χ4v) is 5.87. The van der Waals surface area contributed by atoms with Crippen LogP contribution in [0.5, 0.6) is 5.75 Å². The molecule has 0 radical (unpaired) electrons. The van der Waals surface area contributed by atoms with Gasteiger partial charge < -0.3 is 15.0 Å². The van der Waals surface area contributed by atoms with Crippen molar-refractivity contribution in [3.8, 4) is 5.75 Å². The summed E-state index contributed by atoms with van der Waals surface area (Å²) in [5, 5.41) is 3.10. The Kier molecular flexibility index (Phi) is 10.7. The number of carbonyl (C=O) groups excluding carboxylic acids is 2. The summed E-state index contributed by atoms with van der Waals surface area (Å²) in [5.41, 5.74) is 0.959. The first-order valence-corrected chi connectivity index (χ1v) is 15.3. The number of hydrogen-bond donors (Lipinski definition) is 1. The van der Waals surface area contributed by atoms with Gasteiger partial charge in [0.2, 0.25) is 11.8 Å². The molecule has 1 atom stereocenters. The second kappa shape index (κ2) is 13.7. The van der Waals surface area contributed by atoms with Gasteiger partial charge in [-0.05, 0) is 74.2 Å². The maximum Gasteiger partial charge on any atom is 0.264 e. The lowest BCUT2D eigenvalue weighted by atomic mass is 10.1. The molecule has 0 spiro atoms. The molecule has 0 aliphatic heterocycles. The fraction of sp³-hybridized carbons (Fsp3) is 0.286. The third-order valence-corrected chi connectivity index (χ3v) is 8.81. The van der Waals surface area contributed by atoms with E-state index in [1.165, 1.54) is 35.8 Å². The van der Waals surface area contributed by atoms with Crippen LogP contribution in [-0.2, 0) is 26.2 Å². The topological polar surface area (TPSA) is 96.0 Å². The van der Waals surface area contributed by atoms with Crippen LogP contribution in [0, 0.1) is 0 Å². The number of hydrogen-bond acceptors (Lipinski definition) is 6. The third-order valence-electron chi connectivity index (χ3n) is 6.04. The summed E-state index contributed by atoms with van der Waals surface area (Å²) in [4.78, 5) is 28.8. The summed E-state index contributed by atoms with van der Waals surface area (Å²) in [7, 11) is -2.72. The van der Waals surface area contributed by atoms with Gasteiger partial charge in [-0.25, -0.2) is 8.42 Å². The van der Waals surface area contributed by atoms with Crippen LogP contribution in [0.3, 0.4) is 0 Å². The van der Waals surface area contributed by atoms with E-state index in [1.807, 2.05) is 6.26 Å². The largest absolute Gasteiger partial charge is 0.492 e. The molecule has 2 amide bonds. The van der Waals surface area contributed by atoms with Crippen LogP contribution in [-0.4, -0.2) is 57.6 Å². The predicted molar refractivity (Wildman–Crippen MR) is 156 cm³/mol. The van der Waals surface area contributed by atoms with E-state index in [2.05, 4.69) is 5.32 Å². The highest BCUT2D eigenvalue weighted by molar-refractivity contribution is 7.98. The second-order valence-electron chi connectivity index (χ2n) is 8.53. The molecule has 0 aliphatic carbocycles. The lowest BCUT2D eigenvalue weighted by Crippen LogP contribution is -2.50. The first-order valence-electron chi connectivity index (χ1n) is 12.3. The Morgan fingerprint density at radius 3 is 2.26 bits per heavy atom. The van der Waals surface area contributed by atoms with Crippen LogP contribution >= 0.6 is 23.4 Å². The number of halogens is 1. The maximum absolute atomic E-state index is 14.0. The first-order chi connectivity index (χ1) is 18.6. The van der Waals surface area contributed by atoms with Crippen molar-refractivity contribution < 1.29 is 22.7 Å². The van der Waals surface area contributed by atoms with Gasteiger partial charge in [-0.2, -0.15) is 0 Å². The van der Waals surface area contributed by atoms with Gasteiger partial charge in [0.15, 0.2) is 0 Å². The van der Waals surface area contributed by atoms with E-state index in [4.69, 9.17) is 16.3 Å². The van der Waals surface area contributed by atoms with E-state index in [1.54, 1.807) is 74.5 Å². The van der Waals surface area contributed by atoms with Crippen molar-refractivity contribution in [2.75, 3.05) is 30.8 Å². The number of para-hydroxylation sites is 2. The lowest BCUT2D eigenvalue weighted by molar-refractivity contribution is -0.139. The van der Waals surface area contributed by atoms with Gasteiger partial charge in [-0.1, -0.05) is 35.9 Å². The molecular formula is C28H32ClN3O5S2. The third kappa shape index (κ3) is 7.46. The molecule has 3 aromatic carbocycles. The van der Waals surface area contributed by atoms with Crippen molar-refractivity contribution in [2.45, 2.75) is 36.2 Å². The van der Waals surface area contributed by atoms with E-state index >= 15 is 0 Å². The Bertz CT molecular complexity index is 1380. The zero-order chi connectivity index (χ0) is 28.6. The average molecular weight is 590 g/mol. The average Bonchev–Trinajstić information content (AvgIpc) is 2.95. The van der Waals surface area contributed by atoms with E-state index in [0.29, 0.717) is 17.4 Å². The van der Waals surface area contributed by atoms with Crippen molar-refractivity contribution in [3.05, 3.63) is 83.4 Å². The molecular weight excluding hydrogens is 558 g/mol. The van der Waals surface area contributed by atoms with Gasteiger partial charge in [0, 0.05) is 23.5 Å². The number of sulfonamides is 1. The van der Waals surface area contributed by atoms with E-state index in [9.17, 15) is 18.0 Å². The highest BCUT2D eigenvalue weighted by atomic mass is 35.5. The van der Waals surface area contributed by atoms with Crippen LogP contribution in [0.15, 0.2) is 82.6 Å². The molecule has 8 nitrogen and oxygen atoms in total. The molecule has 39 heavy (non-hydrogen) atoms. The molecule has 0 saturated heterocycles. The molecule has 0 bridgehead atoms. The molecule has 0 aromatic heterocycles. The summed E-state index contributed by atoms with van der Waals surface area (Å²) >= 11 is 7.51. The molecule has 3 rings (SSSR count). The van der Waals surface area contributed by atoms with Crippen LogP contribution in [0.25, 0.3) is 0 Å². The molecule has 208 valence electrons. The number of anilines is 1. The van der Waals surface area contributed by atoms with Gasteiger partial charge >= 0.3 is 0 Å².